The number of carboxylic acid groups (broad SMARTS) is 1. The highest BCUT2D eigenvalue weighted by Crippen LogP contribution is 2.25. The number of aromatic nitrogens is 5. The highest BCUT2D eigenvalue weighted by molar-refractivity contribution is 8.00. The molecule has 0 aromatic carbocycles. The molecule has 0 spiro atoms. The number of fused-ring (bicyclic) bond motifs is 1. The molecule has 7 nitrogen and oxygen atoms in total. The van der Waals surface area contributed by atoms with Crippen molar-refractivity contribution in [1.82, 2.24) is 24.8 Å². The van der Waals surface area contributed by atoms with Crippen molar-refractivity contribution in [2.24, 2.45) is 0 Å². The molecule has 3 aromatic heterocycles. The first-order valence-corrected chi connectivity index (χ1v) is 7.60. The Bertz CT molecular complexity index is 805. The highest BCUT2D eigenvalue weighted by Gasteiger charge is 2.18. The first-order valence-electron chi connectivity index (χ1n) is 6.72. The minimum atomic E-state index is -0.844. The molecule has 22 heavy (non-hydrogen) atoms. The average molecular weight is 315 g/mol. The summed E-state index contributed by atoms with van der Waals surface area (Å²) in [5.74, 6) is -0.315. The number of aliphatic carboxylic acids is 1. The van der Waals surface area contributed by atoms with Crippen molar-refractivity contribution in [2.45, 2.75) is 23.6 Å². The normalized spacial score (nSPS) is 12.4. The maximum absolute atomic E-state index is 11.1. The molecular weight excluding hydrogens is 302 g/mol. The van der Waals surface area contributed by atoms with E-state index in [9.17, 15) is 4.79 Å². The minimum Gasteiger partial charge on any atom is -0.480 e. The molecule has 0 unspecified atom stereocenters. The van der Waals surface area contributed by atoms with E-state index in [1.807, 2.05) is 25.1 Å². The summed E-state index contributed by atoms with van der Waals surface area (Å²) in [6.45, 7) is 1.84. The second kappa shape index (κ2) is 6.10. The topological polar surface area (TPSA) is 93.3 Å². The van der Waals surface area contributed by atoms with E-state index in [1.54, 1.807) is 22.8 Å². The van der Waals surface area contributed by atoms with E-state index in [1.165, 1.54) is 11.8 Å². The molecule has 0 bridgehead atoms. The van der Waals surface area contributed by atoms with Gasteiger partial charge in [-0.05, 0) is 30.7 Å². The first-order chi connectivity index (χ1) is 10.7. The quantitative estimate of drug-likeness (QED) is 0.721. The van der Waals surface area contributed by atoms with Crippen LogP contribution in [0.1, 0.15) is 13.3 Å². The molecule has 3 heterocycles. The van der Waals surface area contributed by atoms with Crippen LogP contribution in [0.2, 0.25) is 0 Å². The van der Waals surface area contributed by atoms with Crippen LogP contribution in [0.5, 0.6) is 0 Å². The van der Waals surface area contributed by atoms with Gasteiger partial charge in [-0.3, -0.25) is 9.78 Å². The number of carboxylic acids is 1. The van der Waals surface area contributed by atoms with Gasteiger partial charge in [0.1, 0.15) is 16.0 Å². The fourth-order valence-electron chi connectivity index (χ4n) is 1.94. The summed E-state index contributed by atoms with van der Waals surface area (Å²) in [5.41, 5.74) is 1.25. The number of carbonyl (C=O) groups is 1. The average Bonchev–Trinajstić information content (AvgIpc) is 2.96. The lowest BCUT2D eigenvalue weighted by atomic mass is 10.3. The predicted octanol–water partition coefficient (Wildman–Crippen LogP) is 2.14. The maximum Gasteiger partial charge on any atom is 0.317 e. The predicted molar refractivity (Wildman–Crippen MR) is 81.6 cm³/mol. The van der Waals surface area contributed by atoms with Gasteiger partial charge in [0.25, 0.3) is 0 Å². The van der Waals surface area contributed by atoms with Crippen LogP contribution in [0.15, 0.2) is 41.6 Å². The van der Waals surface area contributed by atoms with Crippen molar-refractivity contribution in [3.8, 4) is 11.5 Å². The minimum absolute atomic E-state index is 0.523. The van der Waals surface area contributed by atoms with E-state index < -0.39 is 11.2 Å². The third-order valence-corrected chi connectivity index (χ3v) is 4.32. The Morgan fingerprint density at radius 3 is 2.86 bits per heavy atom. The van der Waals surface area contributed by atoms with Crippen LogP contribution in [-0.4, -0.2) is 41.1 Å². The van der Waals surface area contributed by atoms with Crippen molar-refractivity contribution >= 4 is 23.4 Å². The SMILES string of the molecule is CC[C@@H](Sc1ccc2nnc(-c3ccccn3)n2n1)C(=O)O. The molecule has 0 radical (unpaired) electrons. The number of nitrogens with zero attached hydrogens (tertiary/aromatic N) is 5. The van der Waals surface area contributed by atoms with Gasteiger partial charge in [-0.25, -0.2) is 0 Å². The van der Waals surface area contributed by atoms with Crippen LogP contribution >= 0.6 is 11.8 Å². The molecule has 3 aromatic rings. The van der Waals surface area contributed by atoms with Gasteiger partial charge < -0.3 is 5.11 Å². The lowest BCUT2D eigenvalue weighted by Crippen LogP contribution is -2.15. The maximum atomic E-state index is 11.1. The molecular formula is C14H13N5O2S. The van der Waals surface area contributed by atoms with Crippen molar-refractivity contribution in [3.05, 3.63) is 36.5 Å². The van der Waals surface area contributed by atoms with Gasteiger partial charge in [0, 0.05) is 6.20 Å². The van der Waals surface area contributed by atoms with Gasteiger partial charge >= 0.3 is 5.97 Å². The summed E-state index contributed by atoms with van der Waals surface area (Å²) in [7, 11) is 0. The Labute approximate surface area is 130 Å². The molecule has 112 valence electrons. The van der Waals surface area contributed by atoms with Gasteiger partial charge in [0.05, 0.1) is 0 Å². The van der Waals surface area contributed by atoms with Gasteiger partial charge in [-0.2, -0.15) is 9.61 Å². The second-order valence-corrected chi connectivity index (χ2v) is 5.76. The van der Waals surface area contributed by atoms with E-state index in [0.29, 0.717) is 28.6 Å². The first kappa shape index (κ1) is 14.5. The van der Waals surface area contributed by atoms with Crippen LogP contribution in [0.4, 0.5) is 0 Å². The molecule has 8 heteroatoms. The van der Waals surface area contributed by atoms with Crippen molar-refractivity contribution in [3.63, 3.8) is 0 Å². The Hall–Kier alpha value is -2.48. The van der Waals surface area contributed by atoms with E-state index in [4.69, 9.17) is 5.11 Å². The van der Waals surface area contributed by atoms with Crippen LogP contribution < -0.4 is 0 Å². The Kier molecular flexibility index (Phi) is 4.01. The standard InChI is InChI=1S/C14H13N5O2S/c1-2-10(14(20)21)22-12-7-6-11-16-17-13(19(11)18-12)9-5-3-4-8-15-9/h3-8,10H,2H2,1H3,(H,20,21)/t10-/m1/s1. The molecule has 0 amide bonds. The van der Waals surface area contributed by atoms with Crippen LogP contribution in [0.25, 0.3) is 17.2 Å². The van der Waals surface area contributed by atoms with Crippen LogP contribution in [0.3, 0.4) is 0 Å². The zero-order chi connectivity index (χ0) is 15.5. The molecule has 3 rings (SSSR count). The van der Waals surface area contributed by atoms with Gasteiger partial charge in [0.2, 0.25) is 5.82 Å². The number of pyridine rings is 1. The van der Waals surface area contributed by atoms with Crippen molar-refractivity contribution < 1.29 is 9.90 Å². The number of hydrogen-bond donors (Lipinski definition) is 1. The molecule has 0 aliphatic rings. The smallest absolute Gasteiger partial charge is 0.317 e. The molecule has 0 aliphatic carbocycles. The molecule has 0 saturated heterocycles. The fraction of sp³-hybridized carbons (Fsp3) is 0.214. The van der Waals surface area contributed by atoms with E-state index in [2.05, 4.69) is 20.3 Å². The zero-order valence-corrected chi connectivity index (χ0v) is 12.6. The van der Waals surface area contributed by atoms with Gasteiger partial charge in [-0.1, -0.05) is 24.8 Å². The largest absolute Gasteiger partial charge is 0.480 e. The van der Waals surface area contributed by atoms with E-state index in [0.717, 1.165) is 0 Å². The Morgan fingerprint density at radius 1 is 1.32 bits per heavy atom. The van der Waals surface area contributed by atoms with Crippen LogP contribution in [-0.2, 0) is 4.79 Å². The number of rotatable bonds is 5. The summed E-state index contributed by atoms with van der Waals surface area (Å²) in [6.07, 6.45) is 2.20. The third kappa shape index (κ3) is 2.77. The molecule has 1 N–H and O–H groups in total. The van der Waals surface area contributed by atoms with Gasteiger partial charge in [-0.15, -0.1) is 10.2 Å². The van der Waals surface area contributed by atoms with Crippen molar-refractivity contribution in [2.75, 3.05) is 0 Å². The molecule has 0 saturated carbocycles. The van der Waals surface area contributed by atoms with Gasteiger partial charge in [0.15, 0.2) is 5.65 Å². The highest BCUT2D eigenvalue weighted by atomic mass is 32.2. The summed E-state index contributed by atoms with van der Waals surface area (Å²) in [4.78, 5) is 15.4. The van der Waals surface area contributed by atoms with E-state index in [-0.39, 0.29) is 0 Å². The molecule has 0 aliphatic heterocycles. The number of thioether (sulfide) groups is 1. The summed E-state index contributed by atoms with van der Waals surface area (Å²) < 4.78 is 1.58. The molecule has 0 fully saturated rings. The fourth-order valence-corrected chi connectivity index (χ4v) is 2.78. The monoisotopic (exact) mass is 315 g/mol. The summed E-state index contributed by atoms with van der Waals surface area (Å²) in [6, 6.07) is 9.02. The zero-order valence-electron chi connectivity index (χ0n) is 11.7. The summed E-state index contributed by atoms with van der Waals surface area (Å²) in [5, 5.41) is 21.8. The van der Waals surface area contributed by atoms with E-state index >= 15 is 0 Å². The van der Waals surface area contributed by atoms with Crippen LogP contribution in [0, 0.1) is 0 Å². The summed E-state index contributed by atoms with van der Waals surface area (Å²) >= 11 is 1.21. The lowest BCUT2D eigenvalue weighted by Gasteiger charge is -2.08. The molecule has 1 atom stereocenters. The third-order valence-electron chi connectivity index (χ3n) is 3.04. The lowest BCUT2D eigenvalue weighted by molar-refractivity contribution is -0.136. The second-order valence-electron chi connectivity index (χ2n) is 4.53. The Balaban J connectivity index is 2.00. The Morgan fingerprint density at radius 2 is 2.18 bits per heavy atom. The number of hydrogen-bond acceptors (Lipinski definition) is 6. The van der Waals surface area contributed by atoms with Crippen molar-refractivity contribution in [1.29, 1.82) is 0 Å².